The van der Waals surface area contributed by atoms with Gasteiger partial charge in [0.15, 0.2) is 5.82 Å². The standard InChI is InChI=1S/C17H14ClF3N6O/c1-10(14-24-9-25-27(14)16-22-4-3-5-23-16)26(2)15(28)11-6-12(17(19,20)21)8-13(18)7-11/h3-10H,1-2H3. The summed E-state index contributed by atoms with van der Waals surface area (Å²) in [5, 5.41) is 3.87. The molecule has 0 N–H and O–H groups in total. The number of carbonyl (C=O) groups excluding carboxylic acids is 1. The minimum Gasteiger partial charge on any atom is -0.332 e. The maximum atomic E-state index is 13.0. The first-order valence-electron chi connectivity index (χ1n) is 8.00. The molecule has 0 aliphatic carbocycles. The summed E-state index contributed by atoms with van der Waals surface area (Å²) < 4.78 is 40.4. The van der Waals surface area contributed by atoms with E-state index in [1.165, 1.54) is 41.4 Å². The summed E-state index contributed by atoms with van der Waals surface area (Å²) in [6.45, 7) is 1.66. The molecule has 1 aromatic carbocycles. The van der Waals surface area contributed by atoms with Crippen LogP contribution >= 0.6 is 11.6 Å². The Morgan fingerprint density at radius 1 is 1.18 bits per heavy atom. The zero-order chi connectivity index (χ0) is 20.5. The second kappa shape index (κ2) is 7.55. The first kappa shape index (κ1) is 19.7. The number of hydrogen-bond donors (Lipinski definition) is 0. The number of aromatic nitrogens is 5. The quantitative estimate of drug-likeness (QED) is 0.657. The Hall–Kier alpha value is -3.01. The average Bonchev–Trinajstić information content (AvgIpc) is 3.15. The largest absolute Gasteiger partial charge is 0.416 e. The van der Waals surface area contributed by atoms with Crippen molar-refractivity contribution in [2.75, 3.05) is 7.05 Å². The average molecular weight is 411 g/mol. The van der Waals surface area contributed by atoms with E-state index in [-0.39, 0.29) is 16.5 Å². The fraction of sp³-hybridized carbons (Fsp3) is 0.235. The number of halogens is 4. The summed E-state index contributed by atoms with van der Waals surface area (Å²) >= 11 is 5.78. The fourth-order valence-corrected chi connectivity index (χ4v) is 2.75. The van der Waals surface area contributed by atoms with E-state index in [4.69, 9.17) is 11.6 Å². The molecule has 0 radical (unpaired) electrons. The van der Waals surface area contributed by atoms with Gasteiger partial charge in [0.2, 0.25) is 0 Å². The van der Waals surface area contributed by atoms with Crippen molar-refractivity contribution in [3.63, 3.8) is 0 Å². The molecule has 0 saturated heterocycles. The molecule has 0 bridgehead atoms. The third-order valence-electron chi connectivity index (χ3n) is 4.06. The molecule has 1 atom stereocenters. The lowest BCUT2D eigenvalue weighted by Crippen LogP contribution is -2.31. The molecule has 146 valence electrons. The molecule has 1 unspecified atom stereocenters. The van der Waals surface area contributed by atoms with Gasteiger partial charge in [-0.3, -0.25) is 4.79 Å². The van der Waals surface area contributed by atoms with Crippen molar-refractivity contribution in [3.8, 4) is 5.95 Å². The molecule has 3 rings (SSSR count). The maximum absolute atomic E-state index is 13.0. The molecule has 0 aliphatic heterocycles. The van der Waals surface area contributed by atoms with Gasteiger partial charge in [-0.2, -0.15) is 23.0 Å². The smallest absolute Gasteiger partial charge is 0.332 e. The van der Waals surface area contributed by atoms with Crippen molar-refractivity contribution in [3.05, 3.63) is 65.0 Å². The van der Waals surface area contributed by atoms with Gasteiger partial charge in [-0.05, 0) is 31.2 Å². The van der Waals surface area contributed by atoms with Crippen molar-refractivity contribution < 1.29 is 18.0 Å². The predicted octanol–water partition coefficient (Wildman–Crippen LogP) is 3.56. The SMILES string of the molecule is CC(c1ncnn1-c1ncccn1)N(C)C(=O)c1cc(Cl)cc(C(F)(F)F)c1. The third kappa shape index (κ3) is 3.96. The Labute approximate surface area is 162 Å². The minimum absolute atomic E-state index is 0.180. The summed E-state index contributed by atoms with van der Waals surface area (Å²) in [7, 11) is 1.45. The van der Waals surface area contributed by atoms with E-state index in [2.05, 4.69) is 20.1 Å². The molecule has 0 fully saturated rings. The first-order chi connectivity index (χ1) is 13.2. The lowest BCUT2D eigenvalue weighted by molar-refractivity contribution is -0.137. The number of carbonyl (C=O) groups is 1. The Morgan fingerprint density at radius 2 is 1.86 bits per heavy atom. The number of hydrogen-bond acceptors (Lipinski definition) is 5. The number of amides is 1. The van der Waals surface area contributed by atoms with E-state index < -0.39 is 23.7 Å². The summed E-state index contributed by atoms with van der Waals surface area (Å²) in [5.74, 6) is -0.0473. The van der Waals surface area contributed by atoms with Crippen LogP contribution in [0.1, 0.15) is 34.7 Å². The Balaban J connectivity index is 1.91. The molecular weight excluding hydrogens is 397 g/mol. The highest BCUT2D eigenvalue weighted by molar-refractivity contribution is 6.31. The van der Waals surface area contributed by atoms with Crippen molar-refractivity contribution >= 4 is 17.5 Å². The van der Waals surface area contributed by atoms with E-state index in [1.54, 1.807) is 13.0 Å². The molecule has 0 aliphatic rings. The van der Waals surface area contributed by atoms with E-state index in [0.717, 1.165) is 12.1 Å². The predicted molar refractivity (Wildman–Crippen MR) is 93.9 cm³/mol. The monoisotopic (exact) mass is 410 g/mol. The Kier molecular flexibility index (Phi) is 5.32. The van der Waals surface area contributed by atoms with Crippen LogP contribution in [0, 0.1) is 0 Å². The number of benzene rings is 1. The zero-order valence-electron chi connectivity index (χ0n) is 14.7. The lowest BCUT2D eigenvalue weighted by Gasteiger charge is -2.24. The summed E-state index contributed by atoms with van der Waals surface area (Å²) in [4.78, 5) is 26.3. The van der Waals surface area contributed by atoms with Crippen LogP contribution in [-0.2, 0) is 6.18 Å². The van der Waals surface area contributed by atoms with E-state index in [1.807, 2.05) is 0 Å². The van der Waals surface area contributed by atoms with Gasteiger partial charge in [-0.1, -0.05) is 11.6 Å². The highest BCUT2D eigenvalue weighted by Gasteiger charge is 2.32. The van der Waals surface area contributed by atoms with E-state index in [0.29, 0.717) is 5.82 Å². The number of alkyl halides is 3. The van der Waals surface area contributed by atoms with E-state index >= 15 is 0 Å². The normalized spacial score (nSPS) is 12.6. The second-order valence-electron chi connectivity index (χ2n) is 5.90. The molecule has 28 heavy (non-hydrogen) atoms. The van der Waals surface area contributed by atoms with Gasteiger partial charge < -0.3 is 4.90 Å². The lowest BCUT2D eigenvalue weighted by atomic mass is 10.1. The highest BCUT2D eigenvalue weighted by atomic mass is 35.5. The van der Waals surface area contributed by atoms with Gasteiger partial charge in [0.1, 0.15) is 6.33 Å². The van der Waals surface area contributed by atoms with Crippen molar-refractivity contribution in [2.24, 2.45) is 0 Å². The molecule has 2 heterocycles. The van der Waals surface area contributed by atoms with Gasteiger partial charge in [0, 0.05) is 30.0 Å². The molecule has 0 spiro atoms. The minimum atomic E-state index is -4.62. The van der Waals surface area contributed by atoms with Crippen LogP contribution in [0.2, 0.25) is 5.02 Å². The van der Waals surface area contributed by atoms with Crippen molar-refractivity contribution in [1.82, 2.24) is 29.6 Å². The summed E-state index contributed by atoms with van der Waals surface area (Å²) in [6, 6.07) is 3.73. The third-order valence-corrected chi connectivity index (χ3v) is 4.28. The van der Waals surface area contributed by atoms with Gasteiger partial charge in [0.05, 0.1) is 11.6 Å². The highest BCUT2D eigenvalue weighted by Crippen LogP contribution is 2.32. The van der Waals surface area contributed by atoms with Gasteiger partial charge in [-0.15, -0.1) is 0 Å². The second-order valence-corrected chi connectivity index (χ2v) is 6.33. The van der Waals surface area contributed by atoms with Crippen LogP contribution in [0.5, 0.6) is 0 Å². The molecule has 7 nitrogen and oxygen atoms in total. The van der Waals surface area contributed by atoms with Gasteiger partial charge >= 0.3 is 6.18 Å². The topological polar surface area (TPSA) is 76.8 Å². The number of nitrogens with zero attached hydrogens (tertiary/aromatic N) is 6. The molecule has 11 heteroatoms. The van der Waals surface area contributed by atoms with E-state index in [9.17, 15) is 18.0 Å². The number of rotatable bonds is 4. The molecule has 3 aromatic rings. The van der Waals surface area contributed by atoms with Crippen LogP contribution in [-0.4, -0.2) is 42.6 Å². The van der Waals surface area contributed by atoms with Crippen molar-refractivity contribution in [2.45, 2.75) is 19.1 Å². The van der Waals surface area contributed by atoms with Crippen LogP contribution in [0.15, 0.2) is 43.0 Å². The molecular formula is C17H14ClF3N6O. The zero-order valence-corrected chi connectivity index (χ0v) is 15.5. The molecule has 2 aromatic heterocycles. The Bertz CT molecular complexity index is 992. The summed E-state index contributed by atoms with van der Waals surface area (Å²) in [5.41, 5.74) is -1.18. The molecule has 1 amide bonds. The Morgan fingerprint density at radius 3 is 2.50 bits per heavy atom. The van der Waals surface area contributed by atoms with Crippen LogP contribution in [0.3, 0.4) is 0 Å². The summed E-state index contributed by atoms with van der Waals surface area (Å²) in [6.07, 6.45) is -0.285. The van der Waals surface area contributed by atoms with Crippen molar-refractivity contribution in [1.29, 1.82) is 0 Å². The van der Waals surface area contributed by atoms with Crippen LogP contribution in [0.25, 0.3) is 5.95 Å². The van der Waals surface area contributed by atoms with Crippen LogP contribution < -0.4 is 0 Å². The fourth-order valence-electron chi connectivity index (χ4n) is 2.52. The van der Waals surface area contributed by atoms with Crippen LogP contribution in [0.4, 0.5) is 13.2 Å². The van der Waals surface area contributed by atoms with Gasteiger partial charge in [0.25, 0.3) is 11.9 Å². The molecule has 0 saturated carbocycles. The van der Waals surface area contributed by atoms with Gasteiger partial charge in [-0.25, -0.2) is 15.0 Å². The first-order valence-corrected chi connectivity index (χ1v) is 8.38. The maximum Gasteiger partial charge on any atom is 0.416 e.